The van der Waals surface area contributed by atoms with Crippen LogP contribution in [0.1, 0.15) is 22.3 Å². The van der Waals surface area contributed by atoms with E-state index in [2.05, 4.69) is 4.98 Å². The van der Waals surface area contributed by atoms with E-state index in [0.717, 1.165) is 6.26 Å². The van der Waals surface area contributed by atoms with Crippen molar-refractivity contribution >= 4 is 27.0 Å². The molecule has 3 rings (SSSR count). The van der Waals surface area contributed by atoms with Crippen LogP contribution in [0.5, 0.6) is 17.2 Å². The molecule has 0 radical (unpaired) electrons. The molecule has 3 aromatic rings. The van der Waals surface area contributed by atoms with E-state index in [9.17, 15) is 18.3 Å². The van der Waals surface area contributed by atoms with Gasteiger partial charge in [-0.25, -0.2) is 13.4 Å². The number of Topliss-reactive ketones (excluding diaryl/α,β-unsaturated/α-hetero) is 1. The quantitative estimate of drug-likeness (QED) is 0.501. The van der Waals surface area contributed by atoms with E-state index in [4.69, 9.17) is 9.47 Å². The van der Waals surface area contributed by atoms with Gasteiger partial charge < -0.3 is 14.6 Å². The highest BCUT2D eigenvalue weighted by molar-refractivity contribution is 7.90. The second-order valence-corrected chi connectivity index (χ2v) is 9.62. The lowest BCUT2D eigenvalue weighted by Gasteiger charge is -2.15. The maximum Gasteiger partial charge on any atom is 0.195 e. The second-order valence-electron chi connectivity index (χ2n) is 6.71. The number of hydrogen-bond acceptors (Lipinski definition) is 8. The normalized spacial score (nSPS) is 12.4. The summed E-state index contributed by atoms with van der Waals surface area (Å²) in [7, 11) is -3.30. The van der Waals surface area contributed by atoms with Gasteiger partial charge in [-0.1, -0.05) is 0 Å². The highest BCUT2D eigenvalue weighted by Gasteiger charge is 2.14. The SMILES string of the molecule is C[C@@H](CO)Oc1cc(CC(=O)c2nccs2)cc(Oc2ccc(S(C)(=O)=O)cc2)c1. The fourth-order valence-corrected chi connectivity index (χ4v) is 3.85. The number of aliphatic hydroxyl groups excluding tert-OH is 1. The summed E-state index contributed by atoms with van der Waals surface area (Å²) in [6, 6.07) is 11.1. The Kier molecular flexibility index (Phi) is 6.86. The van der Waals surface area contributed by atoms with E-state index in [0.29, 0.717) is 27.8 Å². The van der Waals surface area contributed by atoms with Gasteiger partial charge in [0.25, 0.3) is 0 Å². The van der Waals surface area contributed by atoms with Crippen molar-refractivity contribution in [3.05, 3.63) is 64.6 Å². The first-order valence-electron chi connectivity index (χ1n) is 9.07. The maximum absolute atomic E-state index is 12.4. The average Bonchev–Trinajstić information content (AvgIpc) is 3.22. The minimum Gasteiger partial charge on any atom is -0.488 e. The molecule has 9 heteroatoms. The third-order valence-corrected chi connectivity index (χ3v) is 6.00. The van der Waals surface area contributed by atoms with Gasteiger partial charge in [0, 0.05) is 30.3 Å². The number of thiazole rings is 1. The van der Waals surface area contributed by atoms with Crippen molar-refractivity contribution < 1.29 is 27.8 Å². The lowest BCUT2D eigenvalue weighted by Crippen LogP contribution is -2.16. The van der Waals surface area contributed by atoms with Crippen LogP contribution in [0.25, 0.3) is 0 Å². The van der Waals surface area contributed by atoms with Crippen LogP contribution in [0.15, 0.2) is 58.9 Å². The molecule has 0 fully saturated rings. The molecule has 0 aliphatic carbocycles. The summed E-state index contributed by atoms with van der Waals surface area (Å²) < 4.78 is 34.8. The molecule has 0 bridgehead atoms. The molecule has 1 aromatic heterocycles. The van der Waals surface area contributed by atoms with Crippen LogP contribution in [-0.4, -0.2) is 43.3 Å². The first-order valence-corrected chi connectivity index (χ1v) is 11.8. The highest BCUT2D eigenvalue weighted by Crippen LogP contribution is 2.29. The Balaban J connectivity index is 1.86. The molecule has 0 aliphatic heterocycles. The molecule has 1 N–H and O–H groups in total. The van der Waals surface area contributed by atoms with E-state index >= 15 is 0 Å². The first-order chi connectivity index (χ1) is 14.2. The zero-order valence-electron chi connectivity index (χ0n) is 16.4. The van der Waals surface area contributed by atoms with E-state index < -0.39 is 15.9 Å². The molecule has 0 saturated heterocycles. The van der Waals surface area contributed by atoms with Gasteiger partial charge in [0.2, 0.25) is 0 Å². The lowest BCUT2D eigenvalue weighted by molar-refractivity contribution is 0.0992. The second kappa shape index (κ2) is 9.38. The minimum absolute atomic E-state index is 0.113. The Morgan fingerprint density at radius 2 is 1.83 bits per heavy atom. The Hall–Kier alpha value is -2.75. The third-order valence-electron chi connectivity index (χ3n) is 4.06. The molecule has 0 aliphatic rings. The molecule has 0 spiro atoms. The Morgan fingerprint density at radius 1 is 1.13 bits per heavy atom. The zero-order valence-corrected chi connectivity index (χ0v) is 18.1. The van der Waals surface area contributed by atoms with E-state index in [1.165, 1.54) is 23.5 Å². The summed E-state index contributed by atoms with van der Waals surface area (Å²) in [5, 5.41) is 11.4. The fraction of sp³-hybridized carbons (Fsp3) is 0.238. The van der Waals surface area contributed by atoms with E-state index in [-0.39, 0.29) is 23.7 Å². The monoisotopic (exact) mass is 447 g/mol. The number of benzene rings is 2. The molecule has 30 heavy (non-hydrogen) atoms. The molecular weight excluding hydrogens is 426 g/mol. The maximum atomic E-state index is 12.4. The van der Waals surface area contributed by atoms with E-state index in [1.54, 1.807) is 48.8 Å². The molecule has 0 amide bonds. The Bertz CT molecular complexity index is 1110. The Labute approximate surface area is 178 Å². The van der Waals surface area contributed by atoms with Crippen LogP contribution in [-0.2, 0) is 16.3 Å². The van der Waals surface area contributed by atoms with Gasteiger partial charge >= 0.3 is 0 Å². The number of carbonyl (C=O) groups is 1. The van der Waals surface area contributed by atoms with Crippen molar-refractivity contribution in [1.82, 2.24) is 4.98 Å². The largest absolute Gasteiger partial charge is 0.488 e. The van der Waals surface area contributed by atoms with Gasteiger partial charge in [0.1, 0.15) is 23.4 Å². The standard InChI is InChI=1S/C21H21NO6S2/c1-14(13-23)27-17-9-15(11-20(24)21-22-7-8-29-21)10-18(12-17)28-16-3-5-19(6-4-16)30(2,25)26/h3-10,12,14,23H,11,13H2,1-2H3/t14-/m0/s1. The molecule has 0 unspecified atom stereocenters. The highest BCUT2D eigenvalue weighted by atomic mass is 32.2. The van der Waals surface area contributed by atoms with Crippen molar-refractivity contribution in [3.8, 4) is 17.2 Å². The number of aromatic nitrogens is 1. The van der Waals surface area contributed by atoms with Crippen molar-refractivity contribution in [2.75, 3.05) is 12.9 Å². The fourth-order valence-electron chi connectivity index (χ4n) is 2.64. The smallest absolute Gasteiger partial charge is 0.195 e. The van der Waals surface area contributed by atoms with Gasteiger partial charge in [0.15, 0.2) is 20.6 Å². The molecule has 1 heterocycles. The minimum atomic E-state index is -3.30. The molecule has 2 aromatic carbocycles. The van der Waals surface area contributed by atoms with Gasteiger partial charge in [0.05, 0.1) is 11.5 Å². The number of rotatable bonds is 9. The predicted octanol–water partition coefficient (Wildman–Crippen LogP) is 3.52. The zero-order chi connectivity index (χ0) is 21.7. The van der Waals surface area contributed by atoms with Gasteiger partial charge in [-0.05, 0) is 48.9 Å². The number of sulfone groups is 1. The summed E-state index contributed by atoms with van der Waals surface area (Å²) in [4.78, 5) is 16.7. The molecule has 158 valence electrons. The van der Waals surface area contributed by atoms with Crippen LogP contribution < -0.4 is 9.47 Å². The van der Waals surface area contributed by atoms with Crippen LogP contribution in [0.4, 0.5) is 0 Å². The third kappa shape index (κ3) is 5.88. The van der Waals surface area contributed by atoms with Crippen molar-refractivity contribution in [1.29, 1.82) is 0 Å². The summed E-state index contributed by atoms with van der Waals surface area (Å²) in [6.07, 6.45) is 2.39. The van der Waals surface area contributed by atoms with E-state index in [1.807, 2.05) is 0 Å². The number of aliphatic hydroxyl groups is 1. The number of hydrogen-bond donors (Lipinski definition) is 1. The summed E-state index contributed by atoms with van der Waals surface area (Å²) in [5.74, 6) is 1.18. The van der Waals surface area contributed by atoms with Crippen LogP contribution >= 0.6 is 11.3 Å². The van der Waals surface area contributed by atoms with Gasteiger partial charge in [-0.15, -0.1) is 11.3 Å². The predicted molar refractivity (Wildman–Crippen MR) is 113 cm³/mol. The van der Waals surface area contributed by atoms with Crippen LogP contribution in [0, 0.1) is 0 Å². The number of ether oxygens (including phenoxy) is 2. The molecular formula is C21H21NO6S2. The number of ketones is 1. The summed E-state index contributed by atoms with van der Waals surface area (Å²) in [5.41, 5.74) is 0.667. The van der Waals surface area contributed by atoms with Crippen molar-refractivity contribution in [2.24, 2.45) is 0 Å². The first kappa shape index (κ1) is 21.9. The Morgan fingerprint density at radius 3 is 2.43 bits per heavy atom. The number of carbonyl (C=O) groups excluding carboxylic acids is 1. The molecule has 1 atom stereocenters. The molecule has 7 nitrogen and oxygen atoms in total. The molecule has 0 saturated carbocycles. The topological polar surface area (TPSA) is 103 Å². The van der Waals surface area contributed by atoms with Crippen LogP contribution in [0.3, 0.4) is 0 Å². The van der Waals surface area contributed by atoms with Crippen molar-refractivity contribution in [3.63, 3.8) is 0 Å². The lowest BCUT2D eigenvalue weighted by atomic mass is 10.1. The van der Waals surface area contributed by atoms with Gasteiger partial charge in [-0.2, -0.15) is 0 Å². The van der Waals surface area contributed by atoms with Crippen molar-refractivity contribution in [2.45, 2.75) is 24.3 Å². The summed E-state index contributed by atoms with van der Waals surface area (Å²) in [6.45, 7) is 1.56. The van der Waals surface area contributed by atoms with Crippen LogP contribution in [0.2, 0.25) is 0 Å². The number of nitrogens with zero attached hydrogens (tertiary/aromatic N) is 1. The van der Waals surface area contributed by atoms with Gasteiger partial charge in [-0.3, -0.25) is 4.79 Å². The summed E-state index contributed by atoms with van der Waals surface area (Å²) >= 11 is 1.27. The average molecular weight is 448 g/mol.